The van der Waals surface area contributed by atoms with Crippen LogP contribution in [0.1, 0.15) is 131 Å². The van der Waals surface area contributed by atoms with E-state index in [0.29, 0.717) is 21.6 Å². The van der Waals surface area contributed by atoms with E-state index in [1.807, 2.05) is 142 Å². The topological polar surface area (TPSA) is 249 Å². The number of ketones is 6. The summed E-state index contributed by atoms with van der Waals surface area (Å²) in [4.78, 5) is 96.3. The molecule has 0 unspecified atom stereocenters. The molecule has 0 spiro atoms. The van der Waals surface area contributed by atoms with E-state index < -0.39 is 80.3 Å². The minimum absolute atomic E-state index is 0.0528. The zero-order valence-corrected chi connectivity index (χ0v) is 48.8. The maximum Gasteiger partial charge on any atom is 0.265 e. The number of carbonyl (C=O) groups is 6. The van der Waals surface area contributed by atoms with E-state index in [1.165, 1.54) is 0 Å². The Kier molecular flexibility index (Phi) is 14.3. The Hall–Kier alpha value is -8.01. The molecule has 0 radical (unpaired) electrons. The van der Waals surface area contributed by atoms with E-state index >= 15 is 4.79 Å². The fourth-order valence-corrected chi connectivity index (χ4v) is 15.9. The van der Waals surface area contributed by atoms with Gasteiger partial charge in [-0.15, -0.1) is 11.8 Å². The number of thioether (sulfide) groups is 1. The van der Waals surface area contributed by atoms with Crippen molar-refractivity contribution in [3.63, 3.8) is 0 Å². The highest BCUT2D eigenvalue weighted by Gasteiger charge is 2.74. The molecule has 436 valence electrons. The van der Waals surface area contributed by atoms with Crippen LogP contribution in [-0.4, -0.2) is 114 Å². The Labute approximate surface area is 493 Å². The highest BCUT2D eigenvalue weighted by atomic mass is 32.2. The van der Waals surface area contributed by atoms with Gasteiger partial charge in [-0.1, -0.05) is 122 Å². The second-order valence-corrected chi connectivity index (χ2v) is 24.9. The van der Waals surface area contributed by atoms with Crippen molar-refractivity contribution in [3.8, 4) is 11.8 Å². The first-order chi connectivity index (χ1) is 40.7. The number of aromatic nitrogens is 2. The monoisotopic (exact) mass is 1170 g/mol. The third-order valence-corrected chi connectivity index (χ3v) is 19.9. The zero-order chi connectivity index (χ0) is 60.2. The number of ether oxygens (including phenoxy) is 2. The molecule has 0 amide bonds. The number of fused-ring (bicyclic) bond motifs is 7. The van der Waals surface area contributed by atoms with Crippen molar-refractivity contribution in [2.24, 2.45) is 17.8 Å². The van der Waals surface area contributed by atoms with Gasteiger partial charge in [-0.05, 0) is 129 Å². The average molecular weight is 1170 g/mol. The molecule has 5 aromatic carbocycles. The first-order valence-corrected chi connectivity index (χ1v) is 28.9. The number of carbonyl (C=O) groups excluding carboxylic acids is 6. The molecular formula is C66H62N4O14S. The zero-order valence-electron chi connectivity index (χ0n) is 47.9. The van der Waals surface area contributed by atoms with E-state index in [4.69, 9.17) is 23.4 Å². The Balaban J connectivity index is 0.000000168. The standard InChI is InChI=1S/C36H34N2O6S.C30H28N2O8/c1-20-12-11-17-24-21(2)25-18-26-29(38(3)4)30-28(33(37-44-30)43-19-22-13-7-5-8-14-22)31(39)35(26,42)34(41)36(25,32(40)27(20)24)45-23-15-9-6-10-16-23;1-15-9-8-12-17-20(15)24(33)21-18(29(17,2)40-37)13-19-23(32(3)4)25-22(27(35)30(19,36)26(21)34)28(31-39-25)38-14-16-10-6-5-7-11-16/h5-17,21,25-26,29,42H,18-19H2,1-4H3;5-12,19,23,36-37H,13-14H2,1-4H3/t21-,25-,26-,29-,35+,36+;19-,23-,29+,30-/m00/s1. The fraction of sp³-hybridized carbons (Fsp3) is 0.333. The molecule has 7 aromatic rings. The van der Waals surface area contributed by atoms with Gasteiger partial charge in [0, 0.05) is 33.4 Å². The van der Waals surface area contributed by atoms with Crippen molar-refractivity contribution in [2.45, 2.75) is 98.2 Å². The second kappa shape index (κ2) is 21.2. The Morgan fingerprint density at radius 2 is 1.11 bits per heavy atom. The summed E-state index contributed by atoms with van der Waals surface area (Å²) in [6, 6.07) is 37.3. The van der Waals surface area contributed by atoms with Crippen molar-refractivity contribution in [3.05, 3.63) is 206 Å². The molecule has 3 N–H and O–H groups in total. The lowest BCUT2D eigenvalue weighted by atomic mass is 9.51. The van der Waals surface area contributed by atoms with Gasteiger partial charge in [0.1, 0.15) is 34.7 Å². The summed E-state index contributed by atoms with van der Waals surface area (Å²) < 4.78 is 21.5. The molecule has 6 aliphatic carbocycles. The molecule has 0 bridgehead atoms. The Morgan fingerprint density at radius 3 is 1.65 bits per heavy atom. The van der Waals surface area contributed by atoms with Gasteiger partial charge in [0.2, 0.25) is 17.3 Å². The van der Waals surface area contributed by atoms with E-state index in [1.54, 1.807) is 51.0 Å². The molecule has 10 atom stereocenters. The van der Waals surface area contributed by atoms with Crippen LogP contribution in [0.2, 0.25) is 0 Å². The molecule has 1 saturated carbocycles. The molecule has 18 nitrogen and oxygen atoms in total. The summed E-state index contributed by atoms with van der Waals surface area (Å²) in [5.74, 6) is -7.09. The number of hydrogen-bond donors (Lipinski definition) is 3. The van der Waals surface area contributed by atoms with Crippen LogP contribution in [0, 0.1) is 31.6 Å². The van der Waals surface area contributed by atoms with E-state index in [-0.39, 0.29) is 88.9 Å². The largest absolute Gasteiger partial charge is 0.470 e. The summed E-state index contributed by atoms with van der Waals surface area (Å²) in [5.41, 5.74) is -2.07. The van der Waals surface area contributed by atoms with Crippen molar-refractivity contribution in [1.82, 2.24) is 20.1 Å². The van der Waals surface area contributed by atoms with E-state index in [9.17, 15) is 39.4 Å². The van der Waals surface area contributed by atoms with E-state index in [0.717, 1.165) is 34.0 Å². The molecular weight excluding hydrogens is 1100 g/mol. The maximum atomic E-state index is 15.3. The van der Waals surface area contributed by atoms with Crippen molar-refractivity contribution < 1.29 is 67.6 Å². The van der Waals surface area contributed by atoms with Gasteiger partial charge >= 0.3 is 0 Å². The van der Waals surface area contributed by atoms with Crippen molar-refractivity contribution in [1.29, 1.82) is 0 Å². The lowest BCUT2D eigenvalue weighted by molar-refractivity contribution is -0.313. The maximum absolute atomic E-state index is 15.3. The van der Waals surface area contributed by atoms with Crippen molar-refractivity contribution in [2.75, 3.05) is 28.2 Å². The summed E-state index contributed by atoms with van der Waals surface area (Å²) in [5, 5.41) is 43.1. The van der Waals surface area contributed by atoms with Crippen LogP contribution >= 0.6 is 11.8 Å². The fourth-order valence-electron chi connectivity index (χ4n) is 14.3. The highest BCUT2D eigenvalue weighted by molar-refractivity contribution is 8.02. The first-order valence-electron chi connectivity index (χ1n) is 28.0. The smallest absolute Gasteiger partial charge is 0.265 e. The predicted octanol–water partition coefficient (Wildman–Crippen LogP) is 9.41. The van der Waals surface area contributed by atoms with Crippen LogP contribution < -0.4 is 9.47 Å². The number of aliphatic hydroxyl groups is 2. The van der Waals surface area contributed by atoms with Gasteiger partial charge < -0.3 is 28.7 Å². The molecule has 2 heterocycles. The number of Topliss-reactive ketones (excluding diaryl/α,β-unsaturated/α-hetero) is 6. The number of hydrogen-bond acceptors (Lipinski definition) is 19. The van der Waals surface area contributed by atoms with Gasteiger partial charge in [-0.3, -0.25) is 43.8 Å². The van der Waals surface area contributed by atoms with Crippen LogP contribution in [0.5, 0.6) is 11.8 Å². The van der Waals surface area contributed by atoms with Gasteiger partial charge in [0.05, 0.1) is 17.7 Å². The Morgan fingerprint density at radius 1 is 0.600 bits per heavy atom. The molecule has 19 heteroatoms. The summed E-state index contributed by atoms with van der Waals surface area (Å²) in [6.45, 7) is 7.36. The number of nitrogens with zero attached hydrogens (tertiary/aromatic N) is 4. The van der Waals surface area contributed by atoms with E-state index in [2.05, 4.69) is 10.3 Å². The lowest BCUT2D eigenvalue weighted by Gasteiger charge is -2.57. The summed E-state index contributed by atoms with van der Waals surface area (Å²) >= 11 is 1.15. The number of rotatable bonds is 11. The second-order valence-electron chi connectivity index (χ2n) is 23.5. The van der Waals surface area contributed by atoms with Crippen molar-refractivity contribution >= 4 is 46.5 Å². The molecule has 85 heavy (non-hydrogen) atoms. The van der Waals surface area contributed by atoms with Crippen LogP contribution in [-0.2, 0) is 33.3 Å². The minimum atomic E-state index is -2.61. The third-order valence-electron chi connectivity index (χ3n) is 18.4. The predicted molar refractivity (Wildman–Crippen MR) is 308 cm³/mol. The number of benzene rings is 5. The average Bonchev–Trinajstić information content (AvgIpc) is 1.45. The van der Waals surface area contributed by atoms with Gasteiger partial charge in [-0.25, -0.2) is 4.89 Å². The molecule has 1 fully saturated rings. The van der Waals surface area contributed by atoms with Crippen LogP contribution in [0.15, 0.2) is 152 Å². The van der Waals surface area contributed by atoms with Gasteiger partial charge in [0.15, 0.2) is 40.1 Å². The number of aryl methyl sites for hydroxylation is 2. The molecule has 2 aromatic heterocycles. The lowest BCUT2D eigenvalue weighted by Crippen LogP contribution is -2.73. The van der Waals surface area contributed by atoms with Gasteiger partial charge in [0.25, 0.3) is 11.8 Å². The summed E-state index contributed by atoms with van der Waals surface area (Å²) in [7, 11) is 7.07. The quantitative estimate of drug-likeness (QED) is 0.0472. The molecule has 0 aliphatic heterocycles. The Bertz CT molecular complexity index is 3930. The molecule has 6 aliphatic rings. The van der Waals surface area contributed by atoms with Crippen LogP contribution in [0.25, 0.3) is 0 Å². The van der Waals surface area contributed by atoms with Gasteiger partial charge in [-0.2, -0.15) is 0 Å². The summed E-state index contributed by atoms with van der Waals surface area (Å²) in [6.07, 6.45) is 0.125. The third kappa shape index (κ3) is 8.44. The molecule has 13 rings (SSSR count). The first kappa shape index (κ1) is 57.4. The SMILES string of the molecule is Cc1cccc2c1C(=O)C1=C(C[C@H]3[C@H](N(C)C)c4onc(OCc5ccccc5)c4C(=O)[C@@]3(O)C1=O)[C@]2(C)OO.Cc1cccc2c1C(=O)[C@@]1(Sc3ccccc3)C(=O)[C@]3(O)C(=O)c4c(OCc5ccccc5)noc4[C@@H](N(C)C)[C@@H]3C[C@H]1[C@H]2C. The normalized spacial score (nSPS) is 28.1. The van der Waals surface area contributed by atoms with Crippen LogP contribution in [0.3, 0.4) is 0 Å². The highest BCUT2D eigenvalue weighted by Crippen LogP contribution is 2.64. The molecule has 0 saturated heterocycles. The van der Waals surface area contributed by atoms with Crippen LogP contribution in [0.4, 0.5) is 0 Å². The minimum Gasteiger partial charge on any atom is -0.470 e.